The Labute approximate surface area is 120 Å². The lowest BCUT2D eigenvalue weighted by molar-refractivity contribution is 0.487. The van der Waals surface area contributed by atoms with Crippen molar-refractivity contribution in [2.24, 2.45) is 0 Å². The molecule has 1 N–H and O–H groups in total. The van der Waals surface area contributed by atoms with Crippen LogP contribution in [0.5, 0.6) is 0 Å². The van der Waals surface area contributed by atoms with Crippen LogP contribution in [0.3, 0.4) is 0 Å². The summed E-state index contributed by atoms with van der Waals surface area (Å²) in [5.41, 5.74) is 3.42. The molecule has 0 atom stereocenters. The molecule has 0 amide bonds. The van der Waals surface area contributed by atoms with E-state index in [1.165, 1.54) is 0 Å². The molecule has 5 heteroatoms. The van der Waals surface area contributed by atoms with Gasteiger partial charge < -0.3 is 4.90 Å². The summed E-state index contributed by atoms with van der Waals surface area (Å²) in [5, 5.41) is 0. The van der Waals surface area contributed by atoms with Gasteiger partial charge in [-0.3, -0.25) is 4.55 Å². The van der Waals surface area contributed by atoms with Gasteiger partial charge in [0.2, 0.25) is 0 Å². The Kier molecular flexibility index (Phi) is 3.69. The third kappa shape index (κ3) is 2.88. The number of fused-ring (bicyclic) bond motifs is 1. The van der Waals surface area contributed by atoms with E-state index in [0.29, 0.717) is 5.57 Å². The molecule has 20 heavy (non-hydrogen) atoms. The number of aryl methyl sites for hydroxylation is 1. The predicted octanol–water partition coefficient (Wildman–Crippen LogP) is 2.88. The minimum atomic E-state index is -4.04. The van der Waals surface area contributed by atoms with Crippen LogP contribution in [0.4, 0.5) is 5.69 Å². The van der Waals surface area contributed by atoms with Gasteiger partial charge in [0, 0.05) is 17.8 Å². The van der Waals surface area contributed by atoms with E-state index in [1.807, 2.05) is 39.0 Å². The van der Waals surface area contributed by atoms with E-state index in [4.69, 9.17) is 4.55 Å². The SMILES string of the molecule is CCN1c2cc(C)ccc2C(CS(=O)(=O)O)=CC1(C)C. The predicted molar refractivity (Wildman–Crippen MR) is 82.7 cm³/mol. The molecule has 4 nitrogen and oxygen atoms in total. The van der Waals surface area contributed by atoms with Crippen molar-refractivity contribution in [3.05, 3.63) is 35.4 Å². The van der Waals surface area contributed by atoms with Gasteiger partial charge in [-0.1, -0.05) is 18.2 Å². The van der Waals surface area contributed by atoms with E-state index in [2.05, 4.69) is 17.9 Å². The first-order chi connectivity index (χ1) is 9.14. The number of anilines is 1. The van der Waals surface area contributed by atoms with E-state index >= 15 is 0 Å². The normalized spacial score (nSPS) is 17.6. The van der Waals surface area contributed by atoms with Crippen molar-refractivity contribution in [1.29, 1.82) is 0 Å². The van der Waals surface area contributed by atoms with Crippen LogP contribution in [0.15, 0.2) is 24.3 Å². The van der Waals surface area contributed by atoms with Crippen LogP contribution in [0.1, 0.15) is 31.9 Å². The van der Waals surface area contributed by atoms with Crippen molar-refractivity contribution in [1.82, 2.24) is 0 Å². The lowest BCUT2D eigenvalue weighted by Gasteiger charge is -2.43. The Morgan fingerprint density at radius 1 is 1.30 bits per heavy atom. The Morgan fingerprint density at radius 2 is 1.95 bits per heavy atom. The van der Waals surface area contributed by atoms with Crippen LogP contribution in [-0.4, -0.2) is 30.8 Å². The topological polar surface area (TPSA) is 57.6 Å². The molecule has 0 radical (unpaired) electrons. The van der Waals surface area contributed by atoms with Crippen molar-refractivity contribution in [3.63, 3.8) is 0 Å². The lowest BCUT2D eigenvalue weighted by atomic mass is 9.88. The zero-order valence-corrected chi connectivity index (χ0v) is 13.2. The fourth-order valence-corrected chi connectivity index (χ4v) is 3.55. The summed E-state index contributed by atoms with van der Waals surface area (Å²) in [7, 11) is -4.04. The first-order valence-corrected chi connectivity index (χ1v) is 8.30. The number of likely N-dealkylation sites (N-methyl/N-ethyl adjacent to an activating group) is 1. The number of benzene rings is 1. The quantitative estimate of drug-likeness (QED) is 0.871. The smallest absolute Gasteiger partial charge is 0.269 e. The van der Waals surface area contributed by atoms with Gasteiger partial charge in [0.25, 0.3) is 10.1 Å². The van der Waals surface area contributed by atoms with Crippen LogP contribution in [0, 0.1) is 6.92 Å². The van der Waals surface area contributed by atoms with E-state index < -0.39 is 10.1 Å². The highest BCUT2D eigenvalue weighted by Crippen LogP contribution is 2.39. The second-order valence-corrected chi connectivity index (χ2v) is 7.27. The first-order valence-electron chi connectivity index (χ1n) is 6.69. The molecular weight excluding hydrogens is 274 g/mol. The van der Waals surface area contributed by atoms with Gasteiger partial charge in [0.15, 0.2) is 0 Å². The number of nitrogens with zero attached hydrogens (tertiary/aromatic N) is 1. The van der Waals surface area contributed by atoms with E-state index in [9.17, 15) is 8.42 Å². The minimum Gasteiger partial charge on any atom is -0.363 e. The molecule has 1 aromatic carbocycles. The maximum Gasteiger partial charge on any atom is 0.269 e. The van der Waals surface area contributed by atoms with Crippen LogP contribution in [0.2, 0.25) is 0 Å². The zero-order valence-electron chi connectivity index (χ0n) is 12.3. The third-order valence-corrected chi connectivity index (χ3v) is 4.34. The summed E-state index contributed by atoms with van der Waals surface area (Å²) in [6.07, 6.45) is 1.93. The molecule has 0 spiro atoms. The van der Waals surface area contributed by atoms with Gasteiger partial charge in [0.1, 0.15) is 5.75 Å². The maximum atomic E-state index is 11.2. The number of hydrogen-bond donors (Lipinski definition) is 1. The molecule has 1 heterocycles. The Bertz CT molecular complexity index is 660. The Hall–Kier alpha value is -1.33. The van der Waals surface area contributed by atoms with Gasteiger partial charge >= 0.3 is 0 Å². The fraction of sp³-hybridized carbons (Fsp3) is 0.467. The van der Waals surface area contributed by atoms with Gasteiger partial charge in [-0.05, 0) is 44.9 Å². The lowest BCUT2D eigenvalue weighted by Crippen LogP contribution is -2.45. The molecule has 2 rings (SSSR count). The maximum absolute atomic E-state index is 11.2. The van der Waals surface area contributed by atoms with Crippen molar-refractivity contribution in [3.8, 4) is 0 Å². The summed E-state index contributed by atoms with van der Waals surface area (Å²) < 4.78 is 31.6. The molecule has 0 fully saturated rings. The zero-order chi connectivity index (χ0) is 15.1. The van der Waals surface area contributed by atoms with Crippen molar-refractivity contribution in [2.75, 3.05) is 17.2 Å². The largest absolute Gasteiger partial charge is 0.363 e. The summed E-state index contributed by atoms with van der Waals surface area (Å²) in [6.45, 7) is 9.02. The molecular formula is C15H21NO3S. The summed E-state index contributed by atoms with van der Waals surface area (Å²) >= 11 is 0. The number of hydrogen-bond acceptors (Lipinski definition) is 3. The summed E-state index contributed by atoms with van der Waals surface area (Å²) in [4.78, 5) is 2.24. The Balaban J connectivity index is 2.63. The molecule has 0 aliphatic carbocycles. The van der Waals surface area contributed by atoms with Crippen molar-refractivity contribution in [2.45, 2.75) is 33.2 Å². The van der Waals surface area contributed by atoms with Crippen LogP contribution >= 0.6 is 0 Å². The van der Waals surface area contributed by atoms with Gasteiger partial charge in [-0.25, -0.2) is 0 Å². The first kappa shape index (κ1) is 15.1. The molecule has 0 saturated carbocycles. The van der Waals surface area contributed by atoms with Gasteiger partial charge in [-0.2, -0.15) is 8.42 Å². The fourth-order valence-electron chi connectivity index (χ4n) is 2.92. The Morgan fingerprint density at radius 3 is 2.50 bits per heavy atom. The van der Waals surface area contributed by atoms with Crippen LogP contribution in [0.25, 0.3) is 5.57 Å². The molecule has 1 aliphatic rings. The monoisotopic (exact) mass is 295 g/mol. The van der Waals surface area contributed by atoms with E-state index in [-0.39, 0.29) is 11.3 Å². The standard InChI is InChI=1S/C15H21NO3S/c1-5-16-14-8-11(2)6-7-13(14)12(9-15(16,3)4)10-20(17,18)19/h6-9H,5,10H2,1-4H3,(H,17,18,19). The number of rotatable bonds is 3. The van der Waals surface area contributed by atoms with Crippen LogP contribution in [-0.2, 0) is 10.1 Å². The molecule has 1 aromatic rings. The van der Waals surface area contributed by atoms with Gasteiger partial charge in [-0.15, -0.1) is 0 Å². The van der Waals surface area contributed by atoms with Crippen molar-refractivity contribution >= 4 is 21.4 Å². The molecule has 1 aliphatic heterocycles. The highest BCUT2D eigenvalue weighted by molar-refractivity contribution is 7.86. The van der Waals surface area contributed by atoms with Crippen molar-refractivity contribution < 1.29 is 13.0 Å². The highest BCUT2D eigenvalue weighted by atomic mass is 32.2. The van der Waals surface area contributed by atoms with Crippen LogP contribution < -0.4 is 4.90 Å². The minimum absolute atomic E-state index is 0.282. The average molecular weight is 295 g/mol. The molecule has 0 saturated heterocycles. The molecule has 0 aromatic heterocycles. The summed E-state index contributed by atoms with van der Waals surface area (Å²) in [5.74, 6) is -0.343. The summed E-state index contributed by atoms with van der Waals surface area (Å²) in [6, 6.07) is 5.96. The molecule has 0 bridgehead atoms. The molecule has 110 valence electrons. The van der Waals surface area contributed by atoms with E-state index in [1.54, 1.807) is 0 Å². The van der Waals surface area contributed by atoms with E-state index in [0.717, 1.165) is 23.4 Å². The third-order valence-electron chi connectivity index (χ3n) is 3.67. The molecule has 0 unspecified atom stereocenters. The highest BCUT2D eigenvalue weighted by Gasteiger charge is 2.32. The second-order valence-electron chi connectivity index (χ2n) is 5.81. The average Bonchev–Trinajstić information content (AvgIpc) is 2.25. The van der Waals surface area contributed by atoms with Gasteiger partial charge in [0.05, 0.1) is 5.54 Å². The second kappa shape index (κ2) is 4.90.